The van der Waals surface area contributed by atoms with E-state index in [1.807, 2.05) is 42.5 Å². The molecule has 2 aliphatic heterocycles. The Hall–Kier alpha value is -2.57. The molecule has 2 aromatic carbocycles. The number of carbonyl (C=O) groups excluding carboxylic acids is 1. The molecule has 1 atom stereocenters. The van der Waals surface area contributed by atoms with E-state index in [9.17, 15) is 4.79 Å². The molecule has 0 bridgehead atoms. The van der Waals surface area contributed by atoms with Gasteiger partial charge in [-0.25, -0.2) is 0 Å². The Labute approximate surface area is 159 Å². The second-order valence-corrected chi connectivity index (χ2v) is 6.74. The van der Waals surface area contributed by atoms with Crippen molar-refractivity contribution in [3.8, 4) is 11.5 Å². The Balaban J connectivity index is 1.45. The number of benzene rings is 2. The fourth-order valence-electron chi connectivity index (χ4n) is 3.52. The molecule has 2 aliphatic rings. The maximum absolute atomic E-state index is 12.4. The van der Waals surface area contributed by atoms with Crippen LogP contribution in [0.5, 0.6) is 11.5 Å². The summed E-state index contributed by atoms with van der Waals surface area (Å²) in [5.41, 5.74) is 2.13. The molecule has 1 saturated heterocycles. The minimum atomic E-state index is 0.0280. The van der Waals surface area contributed by atoms with Crippen LogP contribution in [0.3, 0.4) is 0 Å². The highest BCUT2D eigenvalue weighted by Crippen LogP contribution is 2.35. The summed E-state index contributed by atoms with van der Waals surface area (Å²) < 4.78 is 16.4. The van der Waals surface area contributed by atoms with Gasteiger partial charge < -0.3 is 19.5 Å². The second-order valence-electron chi connectivity index (χ2n) is 6.74. The van der Waals surface area contributed by atoms with Crippen LogP contribution in [0.15, 0.2) is 48.5 Å². The van der Waals surface area contributed by atoms with Gasteiger partial charge in [0, 0.05) is 19.6 Å². The monoisotopic (exact) mass is 368 g/mol. The van der Waals surface area contributed by atoms with Crippen LogP contribution in [0.1, 0.15) is 17.2 Å². The summed E-state index contributed by atoms with van der Waals surface area (Å²) in [6.07, 6.45) is 0.387. The average Bonchev–Trinajstić information content (AvgIpc) is 3.18. The van der Waals surface area contributed by atoms with Crippen LogP contribution >= 0.6 is 0 Å². The number of carbonyl (C=O) groups is 1. The third kappa shape index (κ3) is 4.40. The number of hydrogen-bond acceptors (Lipinski definition) is 5. The molecule has 6 nitrogen and oxygen atoms in total. The number of hydrogen-bond donors (Lipinski definition) is 1. The molecule has 1 fully saturated rings. The molecule has 0 saturated carbocycles. The van der Waals surface area contributed by atoms with Crippen molar-refractivity contribution in [2.24, 2.45) is 0 Å². The topological polar surface area (TPSA) is 60.0 Å². The number of rotatable bonds is 6. The summed E-state index contributed by atoms with van der Waals surface area (Å²) >= 11 is 0. The van der Waals surface area contributed by atoms with Crippen LogP contribution < -0.4 is 14.8 Å². The van der Waals surface area contributed by atoms with Crippen molar-refractivity contribution >= 4 is 5.91 Å². The van der Waals surface area contributed by atoms with E-state index in [4.69, 9.17) is 14.2 Å². The van der Waals surface area contributed by atoms with Gasteiger partial charge in [-0.2, -0.15) is 0 Å². The summed E-state index contributed by atoms with van der Waals surface area (Å²) in [7, 11) is 0. The van der Waals surface area contributed by atoms with Crippen LogP contribution in [0, 0.1) is 0 Å². The molecule has 0 aliphatic carbocycles. The smallest absolute Gasteiger partial charge is 0.231 e. The van der Waals surface area contributed by atoms with Crippen molar-refractivity contribution in [2.45, 2.75) is 12.5 Å². The van der Waals surface area contributed by atoms with E-state index in [-0.39, 0.29) is 18.7 Å². The molecule has 142 valence electrons. The first-order valence-electron chi connectivity index (χ1n) is 9.31. The first kappa shape index (κ1) is 17.8. The molecule has 1 amide bonds. The lowest BCUT2D eigenvalue weighted by Gasteiger charge is -2.35. The maximum atomic E-state index is 12.4. The van der Waals surface area contributed by atoms with Crippen LogP contribution in [0.2, 0.25) is 0 Å². The molecule has 1 N–H and O–H groups in total. The minimum Gasteiger partial charge on any atom is -0.454 e. The molecule has 2 heterocycles. The Bertz CT molecular complexity index is 775. The summed E-state index contributed by atoms with van der Waals surface area (Å²) in [4.78, 5) is 14.8. The Morgan fingerprint density at radius 3 is 2.63 bits per heavy atom. The Morgan fingerprint density at radius 1 is 1.04 bits per heavy atom. The quantitative estimate of drug-likeness (QED) is 0.847. The number of nitrogens with zero attached hydrogens (tertiary/aromatic N) is 1. The Morgan fingerprint density at radius 2 is 1.81 bits per heavy atom. The van der Waals surface area contributed by atoms with Gasteiger partial charge >= 0.3 is 0 Å². The predicted molar refractivity (Wildman–Crippen MR) is 101 cm³/mol. The maximum Gasteiger partial charge on any atom is 0.231 e. The molecule has 6 heteroatoms. The van der Waals surface area contributed by atoms with Gasteiger partial charge in [-0.1, -0.05) is 36.4 Å². The fourth-order valence-corrected chi connectivity index (χ4v) is 3.52. The number of fused-ring (bicyclic) bond motifs is 1. The summed E-state index contributed by atoms with van der Waals surface area (Å²) in [5.74, 6) is 1.56. The third-order valence-electron chi connectivity index (χ3n) is 4.97. The van der Waals surface area contributed by atoms with Crippen LogP contribution in [-0.2, 0) is 16.0 Å². The molecule has 4 rings (SSSR count). The lowest BCUT2D eigenvalue weighted by Crippen LogP contribution is -2.44. The van der Waals surface area contributed by atoms with E-state index < -0.39 is 0 Å². The van der Waals surface area contributed by atoms with Gasteiger partial charge in [-0.3, -0.25) is 9.69 Å². The molecular formula is C21H24N2O4. The highest BCUT2D eigenvalue weighted by Gasteiger charge is 2.25. The lowest BCUT2D eigenvalue weighted by molar-refractivity contribution is -0.120. The normalized spacial score (nSPS) is 17.5. The highest BCUT2D eigenvalue weighted by atomic mass is 16.7. The standard InChI is InChI=1S/C21H24N2O4/c24-21(12-16-4-2-1-3-5-16)22-14-18(23-8-10-25-11-9-23)17-6-7-19-20(13-17)27-15-26-19/h1-7,13,18H,8-12,14-15H2,(H,22,24)/t18-/m0/s1. The molecule has 0 unspecified atom stereocenters. The van der Waals surface area contributed by atoms with E-state index in [1.165, 1.54) is 0 Å². The van der Waals surface area contributed by atoms with Crippen molar-refractivity contribution in [1.29, 1.82) is 0 Å². The summed E-state index contributed by atoms with van der Waals surface area (Å²) in [6.45, 7) is 3.90. The van der Waals surface area contributed by atoms with E-state index in [0.29, 0.717) is 26.2 Å². The summed E-state index contributed by atoms with van der Waals surface area (Å²) in [6, 6.07) is 15.9. The van der Waals surface area contributed by atoms with Crippen molar-refractivity contribution in [3.05, 3.63) is 59.7 Å². The SMILES string of the molecule is O=C(Cc1ccccc1)NC[C@@H](c1ccc2c(c1)OCO2)N1CCOCC1. The molecule has 2 aromatic rings. The fraction of sp³-hybridized carbons (Fsp3) is 0.381. The predicted octanol–water partition coefficient (Wildman–Crippen LogP) is 2.15. The van der Waals surface area contributed by atoms with Gasteiger partial charge in [0.25, 0.3) is 0 Å². The molecule has 0 aromatic heterocycles. The average molecular weight is 368 g/mol. The molecule has 27 heavy (non-hydrogen) atoms. The number of amides is 1. The zero-order chi connectivity index (χ0) is 18.5. The van der Waals surface area contributed by atoms with E-state index in [2.05, 4.69) is 16.3 Å². The third-order valence-corrected chi connectivity index (χ3v) is 4.97. The zero-order valence-corrected chi connectivity index (χ0v) is 15.2. The summed E-state index contributed by atoms with van der Waals surface area (Å²) in [5, 5.41) is 3.10. The van der Waals surface area contributed by atoms with Gasteiger partial charge in [-0.15, -0.1) is 0 Å². The van der Waals surface area contributed by atoms with E-state index in [1.54, 1.807) is 0 Å². The molecule has 0 radical (unpaired) electrons. The van der Waals surface area contributed by atoms with Gasteiger partial charge in [0.15, 0.2) is 11.5 Å². The van der Waals surface area contributed by atoms with Crippen molar-refractivity contribution in [2.75, 3.05) is 39.6 Å². The number of morpholine rings is 1. The first-order chi connectivity index (χ1) is 13.3. The Kier molecular flexibility index (Phi) is 5.55. The molecular weight excluding hydrogens is 344 g/mol. The van der Waals surface area contributed by atoms with Crippen LogP contribution in [-0.4, -0.2) is 50.4 Å². The number of ether oxygens (including phenoxy) is 3. The van der Waals surface area contributed by atoms with Gasteiger partial charge in [0.2, 0.25) is 12.7 Å². The zero-order valence-electron chi connectivity index (χ0n) is 15.2. The van der Waals surface area contributed by atoms with Crippen LogP contribution in [0.4, 0.5) is 0 Å². The van der Waals surface area contributed by atoms with Gasteiger partial charge in [0.1, 0.15) is 0 Å². The van der Waals surface area contributed by atoms with Crippen molar-refractivity contribution in [3.63, 3.8) is 0 Å². The second kappa shape index (κ2) is 8.41. The molecule has 0 spiro atoms. The van der Waals surface area contributed by atoms with Gasteiger partial charge in [-0.05, 0) is 23.3 Å². The van der Waals surface area contributed by atoms with Gasteiger partial charge in [0.05, 0.1) is 25.7 Å². The minimum absolute atomic E-state index is 0.0280. The van der Waals surface area contributed by atoms with Crippen molar-refractivity contribution in [1.82, 2.24) is 10.2 Å². The number of nitrogens with one attached hydrogen (secondary N) is 1. The first-order valence-corrected chi connectivity index (χ1v) is 9.31. The largest absolute Gasteiger partial charge is 0.454 e. The van der Waals surface area contributed by atoms with Crippen LogP contribution in [0.25, 0.3) is 0 Å². The van der Waals surface area contributed by atoms with Crippen molar-refractivity contribution < 1.29 is 19.0 Å². The highest BCUT2D eigenvalue weighted by molar-refractivity contribution is 5.78. The van der Waals surface area contributed by atoms with E-state index in [0.717, 1.165) is 35.7 Å². The van der Waals surface area contributed by atoms with E-state index >= 15 is 0 Å². The lowest BCUT2D eigenvalue weighted by atomic mass is 10.0.